The van der Waals surface area contributed by atoms with E-state index in [1.165, 1.54) is 24.3 Å². The number of pyridine rings is 1. The number of nitrogens with zero attached hydrogens (tertiary/aromatic N) is 1. The molecular weight excluding hydrogens is 354 g/mol. The number of thiazole rings is 1. The van der Waals surface area contributed by atoms with E-state index < -0.39 is 18.0 Å². The van der Waals surface area contributed by atoms with Gasteiger partial charge in [0.1, 0.15) is 5.69 Å². The fourth-order valence-electron chi connectivity index (χ4n) is 2.33. The fourth-order valence-corrected chi connectivity index (χ4v) is 3.15. The van der Waals surface area contributed by atoms with Crippen molar-refractivity contribution in [3.63, 3.8) is 0 Å². The number of aromatic amines is 1. The van der Waals surface area contributed by atoms with Gasteiger partial charge in [0, 0.05) is 10.3 Å². The normalized spacial score (nSPS) is 12.0. The van der Waals surface area contributed by atoms with Crippen molar-refractivity contribution in [3.05, 3.63) is 57.0 Å². The van der Waals surface area contributed by atoms with Gasteiger partial charge in [-0.1, -0.05) is 18.2 Å². The molecule has 0 saturated carbocycles. The van der Waals surface area contributed by atoms with Gasteiger partial charge in [0.15, 0.2) is 11.2 Å². The van der Waals surface area contributed by atoms with Crippen molar-refractivity contribution in [2.75, 3.05) is 5.32 Å². The van der Waals surface area contributed by atoms with E-state index in [1.54, 1.807) is 24.3 Å². The van der Waals surface area contributed by atoms with E-state index >= 15 is 0 Å². The molecule has 0 spiro atoms. The van der Waals surface area contributed by atoms with Crippen LogP contribution in [-0.4, -0.2) is 27.9 Å². The van der Waals surface area contributed by atoms with Gasteiger partial charge in [-0.2, -0.15) is 0 Å². The Morgan fingerprint density at radius 1 is 1.27 bits per heavy atom. The fraction of sp³-hybridized carbons (Fsp3) is 0.222. The molecule has 8 heteroatoms. The lowest BCUT2D eigenvalue weighted by atomic mass is 10.1. The van der Waals surface area contributed by atoms with Crippen molar-refractivity contribution in [1.29, 1.82) is 0 Å². The van der Waals surface area contributed by atoms with Gasteiger partial charge in [-0.25, -0.2) is 9.78 Å². The van der Waals surface area contributed by atoms with E-state index in [4.69, 9.17) is 4.74 Å². The minimum Gasteiger partial charge on any atom is -0.448 e. The lowest BCUT2D eigenvalue weighted by Crippen LogP contribution is -2.30. The number of esters is 1. The van der Waals surface area contributed by atoms with Crippen LogP contribution in [-0.2, 0) is 9.53 Å². The van der Waals surface area contributed by atoms with Crippen LogP contribution >= 0.6 is 11.3 Å². The lowest BCUT2D eigenvalue weighted by Gasteiger charge is -2.12. The van der Waals surface area contributed by atoms with Gasteiger partial charge >= 0.3 is 5.97 Å². The van der Waals surface area contributed by atoms with E-state index in [2.05, 4.69) is 15.3 Å². The zero-order chi connectivity index (χ0) is 18.8. The molecule has 0 saturated heterocycles. The first-order chi connectivity index (χ1) is 12.3. The molecule has 7 nitrogen and oxygen atoms in total. The Hall–Kier alpha value is -3.00. The molecule has 134 valence electrons. The third-order valence-corrected chi connectivity index (χ3v) is 4.87. The van der Waals surface area contributed by atoms with Gasteiger partial charge in [0.05, 0.1) is 5.69 Å². The van der Waals surface area contributed by atoms with Crippen LogP contribution in [0.5, 0.6) is 0 Å². The predicted molar refractivity (Wildman–Crippen MR) is 99.7 cm³/mol. The predicted octanol–water partition coefficient (Wildman–Crippen LogP) is 2.79. The quantitative estimate of drug-likeness (QED) is 0.687. The van der Waals surface area contributed by atoms with Crippen molar-refractivity contribution >= 4 is 39.1 Å². The summed E-state index contributed by atoms with van der Waals surface area (Å²) in [5.41, 5.74) is 0.443. The molecule has 3 aromatic rings. The zero-order valence-electron chi connectivity index (χ0n) is 14.5. The van der Waals surface area contributed by atoms with Crippen LogP contribution < -0.4 is 10.9 Å². The van der Waals surface area contributed by atoms with Crippen LogP contribution in [0.15, 0.2) is 35.1 Å². The summed E-state index contributed by atoms with van der Waals surface area (Å²) in [6.07, 6.45) is -1.04. The molecule has 2 aromatic heterocycles. The van der Waals surface area contributed by atoms with Crippen molar-refractivity contribution in [1.82, 2.24) is 9.97 Å². The molecule has 3 rings (SSSR count). The van der Waals surface area contributed by atoms with Gasteiger partial charge < -0.3 is 9.72 Å². The number of rotatable bonds is 4. The minimum atomic E-state index is -1.04. The molecule has 1 aromatic carbocycles. The van der Waals surface area contributed by atoms with Gasteiger partial charge in [-0.05, 0) is 38.3 Å². The number of aryl methyl sites for hydroxylation is 2. The number of benzene rings is 1. The standard InChI is InChI=1S/C18H17N3O4S/c1-9-11(3)26-18(19-9)21-15(22)10(2)25-17(24)14-8-12-6-4-5-7-13(12)16(23)20-14/h4-8,10H,1-3H3,(H,20,23)(H,19,21,22)/t10-/m1/s1. The molecular formula is C18H17N3O4S. The van der Waals surface area contributed by atoms with Crippen LogP contribution in [0.4, 0.5) is 5.13 Å². The summed E-state index contributed by atoms with van der Waals surface area (Å²) < 4.78 is 5.17. The second-order valence-electron chi connectivity index (χ2n) is 5.80. The summed E-state index contributed by atoms with van der Waals surface area (Å²) in [4.78, 5) is 44.2. The van der Waals surface area contributed by atoms with E-state index in [-0.39, 0.29) is 11.3 Å². The highest BCUT2D eigenvalue weighted by Gasteiger charge is 2.21. The Balaban J connectivity index is 1.72. The number of fused-ring (bicyclic) bond motifs is 1. The van der Waals surface area contributed by atoms with Gasteiger partial charge in [-0.3, -0.25) is 14.9 Å². The maximum absolute atomic E-state index is 12.3. The molecule has 0 aliphatic carbocycles. The zero-order valence-corrected chi connectivity index (χ0v) is 15.3. The van der Waals surface area contributed by atoms with Crippen LogP contribution in [0.25, 0.3) is 10.8 Å². The average Bonchev–Trinajstić information content (AvgIpc) is 2.92. The van der Waals surface area contributed by atoms with E-state index in [9.17, 15) is 14.4 Å². The largest absolute Gasteiger partial charge is 0.448 e. The van der Waals surface area contributed by atoms with Crippen molar-refractivity contribution in [2.45, 2.75) is 26.9 Å². The van der Waals surface area contributed by atoms with E-state index in [0.717, 1.165) is 10.6 Å². The smallest absolute Gasteiger partial charge is 0.355 e. The number of hydrogen-bond acceptors (Lipinski definition) is 6. The first kappa shape index (κ1) is 17.8. The topological polar surface area (TPSA) is 101 Å². The Bertz CT molecular complexity index is 1030. The molecule has 1 amide bonds. The number of aromatic nitrogens is 2. The van der Waals surface area contributed by atoms with Gasteiger partial charge in [-0.15, -0.1) is 11.3 Å². The Morgan fingerprint density at radius 2 is 2.00 bits per heavy atom. The van der Waals surface area contributed by atoms with Gasteiger partial charge in [0.2, 0.25) is 0 Å². The number of anilines is 1. The molecule has 0 radical (unpaired) electrons. The van der Waals surface area contributed by atoms with Gasteiger partial charge in [0.25, 0.3) is 11.5 Å². The molecule has 26 heavy (non-hydrogen) atoms. The number of ether oxygens (including phenoxy) is 1. The van der Waals surface area contributed by atoms with Crippen LogP contribution in [0, 0.1) is 13.8 Å². The van der Waals surface area contributed by atoms with E-state index in [0.29, 0.717) is 15.9 Å². The van der Waals surface area contributed by atoms with Crippen LogP contribution in [0.1, 0.15) is 28.0 Å². The Labute approximate surface area is 153 Å². The second-order valence-corrected chi connectivity index (χ2v) is 7.00. The SMILES string of the molecule is Cc1nc(NC(=O)[C@@H](C)OC(=O)c2cc3ccccc3c(=O)[nH]2)sc1C. The second kappa shape index (κ2) is 7.09. The number of nitrogens with one attached hydrogen (secondary N) is 2. The number of carbonyl (C=O) groups excluding carboxylic acids is 2. The number of amides is 1. The summed E-state index contributed by atoms with van der Waals surface area (Å²) in [6, 6.07) is 8.42. The molecule has 0 aliphatic rings. The highest BCUT2D eigenvalue weighted by atomic mass is 32.1. The summed E-state index contributed by atoms with van der Waals surface area (Å²) in [7, 11) is 0. The molecule has 0 unspecified atom stereocenters. The third-order valence-electron chi connectivity index (χ3n) is 3.89. The summed E-state index contributed by atoms with van der Waals surface area (Å²) >= 11 is 1.35. The molecule has 2 heterocycles. The number of carbonyl (C=O) groups is 2. The molecule has 0 aliphatic heterocycles. The number of hydrogen-bond donors (Lipinski definition) is 2. The average molecular weight is 371 g/mol. The monoisotopic (exact) mass is 371 g/mol. The number of H-pyrrole nitrogens is 1. The first-order valence-corrected chi connectivity index (χ1v) is 8.74. The summed E-state index contributed by atoms with van der Waals surface area (Å²) in [6.45, 7) is 5.21. The molecule has 0 fully saturated rings. The van der Waals surface area contributed by atoms with Crippen molar-refractivity contribution in [2.24, 2.45) is 0 Å². The molecule has 2 N–H and O–H groups in total. The molecule has 0 bridgehead atoms. The maximum Gasteiger partial charge on any atom is 0.355 e. The van der Waals surface area contributed by atoms with Crippen molar-refractivity contribution in [3.8, 4) is 0 Å². The Kier molecular flexibility index (Phi) is 4.85. The van der Waals surface area contributed by atoms with E-state index in [1.807, 2.05) is 13.8 Å². The highest BCUT2D eigenvalue weighted by Crippen LogP contribution is 2.21. The highest BCUT2D eigenvalue weighted by molar-refractivity contribution is 7.15. The Morgan fingerprint density at radius 3 is 2.69 bits per heavy atom. The lowest BCUT2D eigenvalue weighted by molar-refractivity contribution is -0.123. The van der Waals surface area contributed by atoms with Crippen LogP contribution in [0.3, 0.4) is 0 Å². The molecule has 1 atom stereocenters. The third kappa shape index (κ3) is 3.65. The van der Waals surface area contributed by atoms with Crippen LogP contribution in [0.2, 0.25) is 0 Å². The summed E-state index contributed by atoms with van der Waals surface area (Å²) in [5.74, 6) is -1.27. The summed E-state index contributed by atoms with van der Waals surface area (Å²) in [5, 5.41) is 4.17. The first-order valence-electron chi connectivity index (χ1n) is 7.93. The maximum atomic E-state index is 12.3. The van der Waals surface area contributed by atoms with Crippen molar-refractivity contribution < 1.29 is 14.3 Å². The minimum absolute atomic E-state index is 0.00529.